The van der Waals surface area contributed by atoms with E-state index in [1.54, 1.807) is 7.11 Å². The molecule has 18 heavy (non-hydrogen) atoms. The molecule has 1 saturated heterocycles. The first kappa shape index (κ1) is 13.2. The number of rotatable bonds is 5. The molecule has 0 aromatic carbocycles. The fourth-order valence-electron chi connectivity index (χ4n) is 2.01. The lowest BCUT2D eigenvalue weighted by molar-refractivity contribution is -0.197. The average Bonchev–Trinajstić information content (AvgIpc) is 2.24. The maximum atomic E-state index is 11.9. The van der Waals surface area contributed by atoms with Crippen molar-refractivity contribution in [2.24, 2.45) is 0 Å². The smallest absolute Gasteiger partial charge is 0.345 e. The zero-order chi connectivity index (χ0) is 13.1. The second-order valence-corrected chi connectivity index (χ2v) is 4.35. The van der Waals surface area contributed by atoms with E-state index in [2.05, 4.69) is 9.72 Å². The third kappa shape index (κ3) is 3.36. The largest absolute Gasteiger partial charge is 0.497 e. The number of alkyl halides is 2. The third-order valence-electron chi connectivity index (χ3n) is 2.82. The molecule has 1 aliphatic rings. The second kappa shape index (κ2) is 5.58. The Labute approximate surface area is 105 Å². The predicted molar refractivity (Wildman–Crippen MR) is 61.7 cm³/mol. The van der Waals surface area contributed by atoms with E-state index in [1.807, 2.05) is 24.0 Å². The Morgan fingerprint density at radius 3 is 2.78 bits per heavy atom. The number of halogens is 2. The molecular formula is C12H16F2N2O2. The molecule has 0 bridgehead atoms. The number of nitrogens with zero attached hydrogens (tertiary/aromatic N) is 2. The van der Waals surface area contributed by atoms with Crippen LogP contribution in [0.4, 0.5) is 8.78 Å². The average molecular weight is 258 g/mol. The lowest BCUT2D eigenvalue weighted by atomic mass is 10.1. The highest BCUT2D eigenvalue weighted by atomic mass is 19.3. The number of likely N-dealkylation sites (tertiary alicyclic amines) is 1. The summed E-state index contributed by atoms with van der Waals surface area (Å²) in [6.45, 7) is 0.866. The number of hydrogen-bond donors (Lipinski definition) is 0. The van der Waals surface area contributed by atoms with Gasteiger partial charge in [0, 0.05) is 37.5 Å². The van der Waals surface area contributed by atoms with Crippen LogP contribution in [-0.2, 0) is 11.3 Å². The molecule has 0 aliphatic carbocycles. The number of aryl methyl sites for hydroxylation is 1. The molecular weight excluding hydrogens is 242 g/mol. The van der Waals surface area contributed by atoms with Crippen molar-refractivity contribution in [2.75, 3.05) is 20.2 Å². The van der Waals surface area contributed by atoms with Crippen LogP contribution in [0.15, 0.2) is 12.1 Å². The maximum Gasteiger partial charge on any atom is 0.345 e. The molecule has 2 heterocycles. The van der Waals surface area contributed by atoms with Crippen molar-refractivity contribution in [2.45, 2.75) is 26.2 Å². The molecule has 6 heteroatoms. The van der Waals surface area contributed by atoms with Crippen LogP contribution in [-0.4, -0.2) is 42.8 Å². The topological polar surface area (TPSA) is 34.6 Å². The molecule has 0 amide bonds. The van der Waals surface area contributed by atoms with Crippen molar-refractivity contribution in [1.82, 2.24) is 9.88 Å². The Morgan fingerprint density at radius 2 is 2.17 bits per heavy atom. The molecule has 100 valence electrons. The van der Waals surface area contributed by atoms with Crippen LogP contribution >= 0.6 is 0 Å². The van der Waals surface area contributed by atoms with E-state index in [-0.39, 0.29) is 6.10 Å². The molecule has 0 spiro atoms. The van der Waals surface area contributed by atoms with Gasteiger partial charge in [-0.2, -0.15) is 8.78 Å². The van der Waals surface area contributed by atoms with Crippen molar-refractivity contribution < 1.29 is 18.3 Å². The number of ether oxygens (including phenoxy) is 2. The number of methoxy groups -OCH3 is 1. The standard InChI is InChI=1S/C12H16F2N2O2/c1-8-3-10(17-2)4-9(15-8)5-16-6-11(7-16)18-12(13)14/h3-4,11-12H,5-7H2,1-2H3. The van der Waals surface area contributed by atoms with E-state index in [4.69, 9.17) is 4.74 Å². The van der Waals surface area contributed by atoms with Gasteiger partial charge in [-0.15, -0.1) is 0 Å². The quantitative estimate of drug-likeness (QED) is 0.807. The Hall–Kier alpha value is -1.27. The van der Waals surface area contributed by atoms with Gasteiger partial charge in [-0.1, -0.05) is 0 Å². The first-order chi connectivity index (χ1) is 8.56. The van der Waals surface area contributed by atoms with Gasteiger partial charge in [0.05, 0.1) is 18.9 Å². The van der Waals surface area contributed by atoms with Crippen LogP contribution in [0.1, 0.15) is 11.4 Å². The van der Waals surface area contributed by atoms with Gasteiger partial charge in [0.2, 0.25) is 0 Å². The Bertz CT molecular complexity index is 409. The van der Waals surface area contributed by atoms with E-state index < -0.39 is 6.61 Å². The number of pyridine rings is 1. The minimum atomic E-state index is -2.69. The minimum absolute atomic E-state index is 0.364. The summed E-state index contributed by atoms with van der Waals surface area (Å²) in [6, 6.07) is 3.70. The van der Waals surface area contributed by atoms with Crippen molar-refractivity contribution in [1.29, 1.82) is 0 Å². The SMILES string of the molecule is COc1cc(C)nc(CN2CC(OC(F)F)C2)c1. The second-order valence-electron chi connectivity index (χ2n) is 4.35. The molecule has 0 radical (unpaired) electrons. The van der Waals surface area contributed by atoms with Crippen LogP contribution in [0.2, 0.25) is 0 Å². The van der Waals surface area contributed by atoms with E-state index in [1.165, 1.54) is 0 Å². The molecule has 1 aromatic rings. The number of hydrogen-bond acceptors (Lipinski definition) is 4. The summed E-state index contributed by atoms with van der Waals surface area (Å²) in [5, 5.41) is 0. The molecule has 0 unspecified atom stereocenters. The lowest BCUT2D eigenvalue weighted by Crippen LogP contribution is -2.52. The summed E-state index contributed by atoms with van der Waals surface area (Å²) >= 11 is 0. The molecule has 1 aliphatic heterocycles. The zero-order valence-electron chi connectivity index (χ0n) is 10.4. The van der Waals surface area contributed by atoms with Gasteiger partial charge in [0.25, 0.3) is 0 Å². The normalized spacial score (nSPS) is 16.9. The van der Waals surface area contributed by atoms with E-state index in [9.17, 15) is 8.78 Å². The van der Waals surface area contributed by atoms with Crippen molar-refractivity contribution in [3.63, 3.8) is 0 Å². The van der Waals surface area contributed by atoms with Crippen molar-refractivity contribution in [3.8, 4) is 5.75 Å². The molecule has 4 nitrogen and oxygen atoms in total. The minimum Gasteiger partial charge on any atom is -0.497 e. The zero-order valence-corrected chi connectivity index (χ0v) is 10.4. The lowest BCUT2D eigenvalue weighted by Gasteiger charge is -2.38. The molecule has 2 rings (SSSR count). The summed E-state index contributed by atoms with van der Waals surface area (Å²) in [5.41, 5.74) is 1.76. The summed E-state index contributed by atoms with van der Waals surface area (Å²) in [7, 11) is 1.61. The van der Waals surface area contributed by atoms with Crippen molar-refractivity contribution >= 4 is 0 Å². The fraction of sp³-hybridized carbons (Fsp3) is 0.583. The van der Waals surface area contributed by atoms with Gasteiger partial charge >= 0.3 is 6.61 Å². The summed E-state index contributed by atoms with van der Waals surface area (Å²) in [6.07, 6.45) is -0.364. The number of aromatic nitrogens is 1. The highest BCUT2D eigenvalue weighted by Crippen LogP contribution is 2.19. The molecule has 1 fully saturated rings. The molecule has 0 saturated carbocycles. The van der Waals surface area contributed by atoms with Gasteiger partial charge in [0.1, 0.15) is 5.75 Å². The van der Waals surface area contributed by atoms with E-state index in [0.29, 0.717) is 19.6 Å². The van der Waals surface area contributed by atoms with Gasteiger partial charge < -0.3 is 9.47 Å². The first-order valence-corrected chi connectivity index (χ1v) is 5.74. The fourth-order valence-corrected chi connectivity index (χ4v) is 2.01. The van der Waals surface area contributed by atoms with Gasteiger partial charge in [-0.3, -0.25) is 9.88 Å². The van der Waals surface area contributed by atoms with Gasteiger partial charge in [0.15, 0.2) is 0 Å². The summed E-state index contributed by atoms with van der Waals surface area (Å²) in [5.74, 6) is 0.762. The van der Waals surface area contributed by atoms with Crippen LogP contribution < -0.4 is 4.74 Å². The Morgan fingerprint density at radius 1 is 1.44 bits per heavy atom. The predicted octanol–water partition coefficient (Wildman–Crippen LogP) is 1.82. The Kier molecular flexibility index (Phi) is 4.08. The third-order valence-corrected chi connectivity index (χ3v) is 2.82. The summed E-state index contributed by atoms with van der Waals surface area (Å²) < 4.78 is 33.4. The van der Waals surface area contributed by atoms with Crippen molar-refractivity contribution in [3.05, 3.63) is 23.5 Å². The maximum absolute atomic E-state index is 11.9. The van der Waals surface area contributed by atoms with Gasteiger partial charge in [-0.25, -0.2) is 0 Å². The first-order valence-electron chi connectivity index (χ1n) is 5.74. The van der Waals surface area contributed by atoms with Crippen LogP contribution in [0.25, 0.3) is 0 Å². The molecule has 1 aromatic heterocycles. The van der Waals surface area contributed by atoms with Crippen LogP contribution in [0, 0.1) is 6.92 Å². The van der Waals surface area contributed by atoms with Crippen LogP contribution in [0.3, 0.4) is 0 Å². The highest BCUT2D eigenvalue weighted by Gasteiger charge is 2.30. The molecule has 0 N–H and O–H groups in total. The Balaban J connectivity index is 1.86. The molecule has 0 atom stereocenters. The van der Waals surface area contributed by atoms with Crippen LogP contribution in [0.5, 0.6) is 5.75 Å². The monoisotopic (exact) mass is 258 g/mol. The highest BCUT2D eigenvalue weighted by molar-refractivity contribution is 5.26. The van der Waals surface area contributed by atoms with E-state index >= 15 is 0 Å². The van der Waals surface area contributed by atoms with E-state index in [0.717, 1.165) is 17.1 Å². The summed E-state index contributed by atoms with van der Waals surface area (Å²) in [4.78, 5) is 6.39. The van der Waals surface area contributed by atoms with Gasteiger partial charge in [-0.05, 0) is 6.92 Å².